The SMILES string of the molecule is CCCCSc1nc2n(n1)C(c1ccc(OCC(=O)N3CCCCC3)c(OC)c1)C(C(=O)Nc1ccccc1OCC)=C(C)N2. The van der Waals surface area contributed by atoms with Crippen LogP contribution in [0.15, 0.2) is 58.9 Å². The van der Waals surface area contributed by atoms with Crippen molar-refractivity contribution in [2.75, 3.05) is 49.8 Å². The minimum absolute atomic E-state index is 0.0376. The van der Waals surface area contributed by atoms with E-state index >= 15 is 0 Å². The van der Waals surface area contributed by atoms with Crippen LogP contribution in [0.1, 0.15) is 64.5 Å². The van der Waals surface area contributed by atoms with Crippen molar-refractivity contribution in [1.29, 1.82) is 0 Å². The molecule has 0 spiro atoms. The van der Waals surface area contributed by atoms with Crippen molar-refractivity contribution >= 4 is 35.2 Å². The Hall–Kier alpha value is -4.19. The number of nitrogens with one attached hydrogen (secondary N) is 2. The molecule has 2 amide bonds. The summed E-state index contributed by atoms with van der Waals surface area (Å²) in [7, 11) is 1.56. The van der Waals surface area contributed by atoms with Gasteiger partial charge in [-0.1, -0.05) is 43.3 Å². The van der Waals surface area contributed by atoms with Gasteiger partial charge in [0.1, 0.15) is 11.8 Å². The second kappa shape index (κ2) is 15.2. The number of unbranched alkanes of at least 4 members (excludes halogenated alkanes) is 1. The van der Waals surface area contributed by atoms with Gasteiger partial charge in [0.2, 0.25) is 11.1 Å². The molecule has 3 heterocycles. The molecule has 45 heavy (non-hydrogen) atoms. The Morgan fingerprint density at radius 3 is 2.60 bits per heavy atom. The highest BCUT2D eigenvalue weighted by Crippen LogP contribution is 2.40. The molecular formula is C33H42N6O5S. The number of hydrogen-bond donors (Lipinski definition) is 2. The van der Waals surface area contributed by atoms with Crippen LogP contribution in [0.2, 0.25) is 0 Å². The molecule has 2 aliphatic heterocycles. The van der Waals surface area contributed by atoms with E-state index in [0.29, 0.717) is 51.9 Å². The molecule has 12 heteroatoms. The number of fused-ring (bicyclic) bond motifs is 1. The summed E-state index contributed by atoms with van der Waals surface area (Å²) in [6, 6.07) is 12.2. The Labute approximate surface area is 268 Å². The lowest BCUT2D eigenvalue weighted by molar-refractivity contribution is -0.134. The lowest BCUT2D eigenvalue weighted by atomic mass is 9.94. The third-order valence-electron chi connectivity index (χ3n) is 7.81. The molecule has 1 saturated heterocycles. The normalized spacial score (nSPS) is 16.1. The number of para-hydroxylation sites is 2. The standard InChI is InChI=1S/C33H42N6O5S/c1-5-7-19-45-33-36-32-34-22(3)29(31(41)35-24-13-9-10-14-25(24)43-6-2)30(39(32)37-33)23-15-16-26(27(20-23)42-4)44-21-28(40)38-17-11-8-12-18-38/h9-10,13-16,20,30H,5-8,11-12,17-19,21H2,1-4H3,(H,35,41)(H,34,36,37). The Balaban J connectivity index is 1.47. The average molecular weight is 635 g/mol. The maximum absolute atomic E-state index is 14.1. The van der Waals surface area contributed by atoms with Gasteiger partial charge in [-0.15, -0.1) is 5.10 Å². The van der Waals surface area contributed by atoms with Gasteiger partial charge in [-0.25, -0.2) is 4.68 Å². The van der Waals surface area contributed by atoms with Crippen LogP contribution in [-0.4, -0.2) is 70.6 Å². The van der Waals surface area contributed by atoms with E-state index in [0.717, 1.165) is 56.5 Å². The summed E-state index contributed by atoms with van der Waals surface area (Å²) in [5.41, 5.74) is 2.45. The van der Waals surface area contributed by atoms with E-state index in [-0.39, 0.29) is 18.4 Å². The number of piperidine rings is 1. The highest BCUT2D eigenvalue weighted by atomic mass is 32.2. The number of benzene rings is 2. The van der Waals surface area contributed by atoms with Gasteiger partial charge in [-0.3, -0.25) is 9.59 Å². The van der Waals surface area contributed by atoms with Crippen molar-refractivity contribution < 1.29 is 23.8 Å². The molecule has 0 saturated carbocycles. The zero-order valence-corrected chi connectivity index (χ0v) is 27.2. The van der Waals surface area contributed by atoms with Crippen molar-refractivity contribution in [3.05, 3.63) is 59.3 Å². The number of ether oxygens (including phenoxy) is 3. The van der Waals surface area contributed by atoms with Crippen LogP contribution in [-0.2, 0) is 9.59 Å². The van der Waals surface area contributed by atoms with Gasteiger partial charge in [-0.05, 0) is 69.4 Å². The van der Waals surface area contributed by atoms with Crippen LogP contribution in [0.5, 0.6) is 17.2 Å². The zero-order chi connectivity index (χ0) is 31.8. The number of rotatable bonds is 13. The smallest absolute Gasteiger partial charge is 0.260 e. The number of methoxy groups -OCH3 is 1. The largest absolute Gasteiger partial charge is 0.493 e. The molecule has 5 rings (SSSR count). The molecule has 1 fully saturated rings. The predicted octanol–water partition coefficient (Wildman–Crippen LogP) is 5.90. The Morgan fingerprint density at radius 2 is 1.84 bits per heavy atom. The van der Waals surface area contributed by atoms with Gasteiger partial charge in [0.25, 0.3) is 11.8 Å². The van der Waals surface area contributed by atoms with E-state index in [2.05, 4.69) is 17.6 Å². The first-order valence-corrected chi connectivity index (χ1v) is 16.6. The zero-order valence-electron chi connectivity index (χ0n) is 26.4. The summed E-state index contributed by atoms with van der Waals surface area (Å²) in [5, 5.41) is 11.8. The fraction of sp³-hybridized carbons (Fsp3) is 0.455. The van der Waals surface area contributed by atoms with Gasteiger partial charge in [0.15, 0.2) is 18.1 Å². The fourth-order valence-corrected chi connectivity index (χ4v) is 6.40. The molecule has 1 unspecified atom stereocenters. The van der Waals surface area contributed by atoms with E-state index in [1.807, 2.05) is 55.1 Å². The first-order valence-electron chi connectivity index (χ1n) is 15.6. The molecule has 240 valence electrons. The molecule has 0 radical (unpaired) electrons. The number of carbonyl (C=O) groups is 2. The van der Waals surface area contributed by atoms with Crippen molar-refractivity contribution in [3.63, 3.8) is 0 Å². The lowest BCUT2D eigenvalue weighted by Gasteiger charge is -2.29. The quantitative estimate of drug-likeness (QED) is 0.175. The number of nitrogens with zero attached hydrogens (tertiary/aromatic N) is 4. The van der Waals surface area contributed by atoms with Crippen LogP contribution in [0, 0.1) is 0 Å². The fourth-order valence-electron chi connectivity index (χ4n) is 5.49. The molecule has 3 aromatic rings. The summed E-state index contributed by atoms with van der Waals surface area (Å²) in [4.78, 5) is 33.4. The third kappa shape index (κ3) is 7.55. The van der Waals surface area contributed by atoms with Crippen LogP contribution < -0.4 is 24.8 Å². The Morgan fingerprint density at radius 1 is 1.04 bits per heavy atom. The van der Waals surface area contributed by atoms with Crippen LogP contribution in [0.4, 0.5) is 11.6 Å². The van der Waals surface area contributed by atoms with Crippen molar-refractivity contribution in [1.82, 2.24) is 19.7 Å². The van der Waals surface area contributed by atoms with E-state index in [4.69, 9.17) is 24.3 Å². The molecule has 0 aliphatic carbocycles. The van der Waals surface area contributed by atoms with Gasteiger partial charge < -0.3 is 29.7 Å². The summed E-state index contributed by atoms with van der Waals surface area (Å²) >= 11 is 1.59. The van der Waals surface area contributed by atoms with Crippen molar-refractivity contribution in [2.24, 2.45) is 0 Å². The van der Waals surface area contributed by atoms with Gasteiger partial charge in [-0.2, -0.15) is 4.98 Å². The molecule has 1 aromatic heterocycles. The Kier molecular flexibility index (Phi) is 10.9. The Bertz CT molecular complexity index is 1530. The minimum Gasteiger partial charge on any atom is -0.493 e. The second-order valence-electron chi connectivity index (χ2n) is 11.0. The number of hydrogen-bond acceptors (Lipinski definition) is 9. The number of amides is 2. The topological polar surface area (TPSA) is 120 Å². The van der Waals surface area contributed by atoms with Crippen LogP contribution >= 0.6 is 11.8 Å². The van der Waals surface area contributed by atoms with Crippen molar-refractivity contribution in [2.45, 2.75) is 64.1 Å². The summed E-state index contributed by atoms with van der Waals surface area (Å²) in [5.74, 6) is 2.60. The van der Waals surface area contributed by atoms with E-state index in [9.17, 15) is 9.59 Å². The average Bonchev–Trinajstić information content (AvgIpc) is 3.46. The summed E-state index contributed by atoms with van der Waals surface area (Å²) in [6.07, 6.45) is 5.31. The number of carbonyl (C=O) groups excluding carboxylic acids is 2. The third-order valence-corrected chi connectivity index (χ3v) is 8.73. The number of allylic oxidation sites excluding steroid dienone is 1. The second-order valence-corrected chi connectivity index (χ2v) is 12.0. The van der Waals surface area contributed by atoms with Gasteiger partial charge in [0.05, 0.1) is 25.0 Å². The predicted molar refractivity (Wildman–Crippen MR) is 175 cm³/mol. The van der Waals surface area contributed by atoms with E-state index in [1.54, 1.807) is 29.6 Å². The molecule has 11 nitrogen and oxygen atoms in total. The van der Waals surface area contributed by atoms with Crippen LogP contribution in [0.25, 0.3) is 0 Å². The highest BCUT2D eigenvalue weighted by Gasteiger charge is 2.35. The number of aromatic nitrogens is 3. The van der Waals surface area contributed by atoms with Crippen molar-refractivity contribution in [3.8, 4) is 17.2 Å². The minimum atomic E-state index is -0.619. The molecule has 2 aromatic carbocycles. The summed E-state index contributed by atoms with van der Waals surface area (Å²) in [6.45, 7) is 7.84. The van der Waals surface area contributed by atoms with Gasteiger partial charge >= 0.3 is 0 Å². The highest BCUT2D eigenvalue weighted by molar-refractivity contribution is 7.99. The first kappa shape index (κ1) is 32.2. The molecule has 2 aliphatic rings. The van der Waals surface area contributed by atoms with Gasteiger partial charge in [0, 0.05) is 24.5 Å². The maximum Gasteiger partial charge on any atom is 0.260 e. The first-order chi connectivity index (χ1) is 21.9. The maximum atomic E-state index is 14.1. The molecular weight excluding hydrogens is 592 g/mol. The lowest BCUT2D eigenvalue weighted by Crippen LogP contribution is -2.38. The van der Waals surface area contributed by atoms with E-state index in [1.165, 1.54) is 0 Å². The molecule has 2 N–H and O–H groups in total. The molecule has 1 atom stereocenters. The van der Waals surface area contributed by atoms with E-state index < -0.39 is 6.04 Å². The number of thioether (sulfide) groups is 1. The molecule has 0 bridgehead atoms. The van der Waals surface area contributed by atoms with Crippen LogP contribution in [0.3, 0.4) is 0 Å². The monoisotopic (exact) mass is 634 g/mol. The summed E-state index contributed by atoms with van der Waals surface area (Å²) < 4.78 is 19.2. The number of likely N-dealkylation sites (tertiary alicyclic amines) is 1. The number of anilines is 2.